The summed E-state index contributed by atoms with van der Waals surface area (Å²) >= 11 is 18.1. The van der Waals surface area contributed by atoms with E-state index in [1.165, 1.54) is 0 Å². The first-order valence-electron chi connectivity index (χ1n) is 7.62. The van der Waals surface area contributed by atoms with Crippen LogP contribution in [-0.2, 0) is 8.53 Å². The number of methoxy groups -OCH3 is 1. The number of benzene rings is 1. The van der Waals surface area contributed by atoms with Crippen molar-refractivity contribution >= 4 is 51.5 Å². The molecule has 8 heteroatoms. The average Bonchev–Trinajstić information content (AvgIpc) is 2.51. The van der Waals surface area contributed by atoms with Gasteiger partial charge < -0.3 is 14.4 Å². The summed E-state index contributed by atoms with van der Waals surface area (Å²) in [6.07, 6.45) is 0.168. The Morgan fingerprint density at radius 1 is 1.17 bits per heavy atom. The lowest BCUT2D eigenvalue weighted by Gasteiger charge is -2.36. The Hall–Kier alpha value is -1.01. The molecular formula is C16H18Cl3N3O2. The highest BCUT2D eigenvalue weighted by molar-refractivity contribution is 6.66. The molecule has 130 valence electrons. The molecule has 0 saturated carbocycles. The molecule has 0 bridgehead atoms. The highest BCUT2D eigenvalue weighted by atomic mass is 35.6. The van der Waals surface area contributed by atoms with Crippen LogP contribution in [0.2, 0.25) is 0 Å². The average molecular weight is 391 g/mol. The van der Waals surface area contributed by atoms with Crippen molar-refractivity contribution in [3.05, 3.63) is 24.0 Å². The molecule has 5 nitrogen and oxygen atoms in total. The predicted octanol–water partition coefficient (Wildman–Crippen LogP) is 4.08. The maximum atomic E-state index is 6.04. The molecule has 3 rings (SSSR count). The standard InChI is InChI=1S/C16H18Cl3N3O2/c1-9-7-22(8-10(2)24-9)14-11-5-4-6-12(23-3)13(11)20-15(21-14)16(17,18)19/h4-6,9-10H,7-8H2,1-3H3/t9-,10+. The van der Waals surface area contributed by atoms with E-state index in [1.54, 1.807) is 7.11 Å². The second-order valence-corrected chi connectivity index (χ2v) is 8.17. The van der Waals surface area contributed by atoms with Crippen LogP contribution >= 0.6 is 34.8 Å². The third-order valence-electron chi connectivity index (χ3n) is 3.86. The van der Waals surface area contributed by atoms with Gasteiger partial charge in [0.05, 0.1) is 19.3 Å². The summed E-state index contributed by atoms with van der Waals surface area (Å²) in [4.78, 5) is 11.1. The first-order chi connectivity index (χ1) is 11.3. The minimum atomic E-state index is -1.71. The molecule has 24 heavy (non-hydrogen) atoms. The monoisotopic (exact) mass is 389 g/mol. The van der Waals surface area contributed by atoms with Gasteiger partial charge in [-0.3, -0.25) is 0 Å². The fraction of sp³-hybridized carbons (Fsp3) is 0.500. The third-order valence-corrected chi connectivity index (χ3v) is 4.37. The number of anilines is 1. The van der Waals surface area contributed by atoms with E-state index in [2.05, 4.69) is 14.9 Å². The second-order valence-electron chi connectivity index (χ2n) is 5.89. The number of morpholine rings is 1. The SMILES string of the molecule is COc1cccc2c(N3C[C@@H](C)O[C@@H](C)C3)nc(C(Cl)(Cl)Cl)nc12. The number of ether oxygens (including phenoxy) is 2. The van der Waals surface area contributed by atoms with Gasteiger partial charge in [-0.15, -0.1) is 0 Å². The van der Waals surface area contributed by atoms with E-state index in [0.717, 1.165) is 11.2 Å². The molecule has 2 atom stereocenters. The Kier molecular flexibility index (Phi) is 4.98. The summed E-state index contributed by atoms with van der Waals surface area (Å²) in [5, 5.41) is 0.855. The van der Waals surface area contributed by atoms with Crippen LogP contribution in [0.25, 0.3) is 10.9 Å². The fourth-order valence-corrected chi connectivity index (χ4v) is 3.25. The van der Waals surface area contributed by atoms with E-state index in [4.69, 9.17) is 44.3 Å². The lowest BCUT2D eigenvalue weighted by molar-refractivity contribution is -0.00538. The number of hydrogen-bond acceptors (Lipinski definition) is 5. The molecule has 0 spiro atoms. The van der Waals surface area contributed by atoms with Crippen molar-refractivity contribution in [1.82, 2.24) is 9.97 Å². The number of aromatic nitrogens is 2. The zero-order valence-corrected chi connectivity index (χ0v) is 15.9. The van der Waals surface area contributed by atoms with Gasteiger partial charge in [-0.25, -0.2) is 9.97 Å². The van der Waals surface area contributed by atoms with E-state index < -0.39 is 3.79 Å². The van der Waals surface area contributed by atoms with Crippen LogP contribution in [0.5, 0.6) is 5.75 Å². The number of para-hydroxylation sites is 1. The van der Waals surface area contributed by atoms with Gasteiger partial charge in [0, 0.05) is 18.5 Å². The van der Waals surface area contributed by atoms with Gasteiger partial charge in [-0.1, -0.05) is 40.9 Å². The Bertz CT molecular complexity index is 741. The number of fused-ring (bicyclic) bond motifs is 1. The Morgan fingerprint density at radius 3 is 2.42 bits per heavy atom. The summed E-state index contributed by atoms with van der Waals surface area (Å²) in [7, 11) is 1.59. The second kappa shape index (κ2) is 6.71. The van der Waals surface area contributed by atoms with Gasteiger partial charge in [-0.05, 0) is 26.0 Å². The van der Waals surface area contributed by atoms with E-state index in [9.17, 15) is 0 Å². The van der Waals surface area contributed by atoms with Gasteiger partial charge in [0.15, 0.2) is 5.82 Å². The summed E-state index contributed by atoms with van der Waals surface area (Å²) < 4.78 is 9.51. The molecule has 0 aliphatic carbocycles. The van der Waals surface area contributed by atoms with Crippen LogP contribution in [0, 0.1) is 0 Å². The zero-order valence-electron chi connectivity index (χ0n) is 13.6. The van der Waals surface area contributed by atoms with Crippen LogP contribution in [0.4, 0.5) is 5.82 Å². The van der Waals surface area contributed by atoms with Crippen molar-refractivity contribution in [2.75, 3.05) is 25.1 Å². The van der Waals surface area contributed by atoms with E-state index in [-0.39, 0.29) is 18.0 Å². The molecule has 1 aliphatic rings. The van der Waals surface area contributed by atoms with E-state index in [0.29, 0.717) is 24.4 Å². The maximum absolute atomic E-state index is 6.04. The Morgan fingerprint density at radius 2 is 1.83 bits per heavy atom. The topological polar surface area (TPSA) is 47.5 Å². The molecule has 1 aromatic heterocycles. The molecule has 0 radical (unpaired) electrons. The van der Waals surface area contributed by atoms with Crippen LogP contribution in [-0.4, -0.2) is 42.4 Å². The Labute approximate surface area is 155 Å². The smallest absolute Gasteiger partial charge is 0.250 e. The Balaban J connectivity index is 2.21. The summed E-state index contributed by atoms with van der Waals surface area (Å²) in [6.45, 7) is 5.46. The van der Waals surface area contributed by atoms with Crippen LogP contribution < -0.4 is 9.64 Å². The number of hydrogen-bond donors (Lipinski definition) is 0. The van der Waals surface area contributed by atoms with Gasteiger partial charge >= 0.3 is 0 Å². The van der Waals surface area contributed by atoms with E-state index in [1.807, 2.05) is 32.0 Å². The normalized spacial score (nSPS) is 22.0. The zero-order chi connectivity index (χ0) is 17.5. The first kappa shape index (κ1) is 17.8. The van der Waals surface area contributed by atoms with Crippen LogP contribution in [0.3, 0.4) is 0 Å². The lowest BCUT2D eigenvalue weighted by atomic mass is 10.1. The maximum Gasteiger partial charge on any atom is 0.250 e. The van der Waals surface area contributed by atoms with E-state index >= 15 is 0 Å². The highest BCUT2D eigenvalue weighted by Gasteiger charge is 2.31. The molecule has 1 aromatic carbocycles. The quantitative estimate of drug-likeness (QED) is 0.723. The minimum Gasteiger partial charge on any atom is -0.494 e. The van der Waals surface area contributed by atoms with Crippen LogP contribution in [0.15, 0.2) is 18.2 Å². The summed E-state index contributed by atoms with van der Waals surface area (Å²) in [5.41, 5.74) is 0.623. The summed E-state index contributed by atoms with van der Waals surface area (Å²) in [6, 6.07) is 5.67. The minimum absolute atomic E-state index is 0.0839. The number of rotatable bonds is 2. The van der Waals surface area contributed by atoms with Gasteiger partial charge in [0.25, 0.3) is 0 Å². The van der Waals surface area contributed by atoms with Crippen molar-refractivity contribution < 1.29 is 9.47 Å². The number of halogens is 3. The highest BCUT2D eigenvalue weighted by Crippen LogP contribution is 2.40. The number of alkyl halides is 3. The fourth-order valence-electron chi connectivity index (χ4n) is 2.99. The van der Waals surface area contributed by atoms with Crippen molar-refractivity contribution in [3.63, 3.8) is 0 Å². The van der Waals surface area contributed by atoms with Gasteiger partial charge in [0.1, 0.15) is 17.1 Å². The van der Waals surface area contributed by atoms with Gasteiger partial charge in [0.2, 0.25) is 3.79 Å². The predicted molar refractivity (Wildman–Crippen MR) is 97.5 cm³/mol. The molecule has 2 heterocycles. The first-order valence-corrected chi connectivity index (χ1v) is 8.75. The molecular weight excluding hydrogens is 373 g/mol. The summed E-state index contributed by atoms with van der Waals surface area (Å²) in [5.74, 6) is 1.47. The van der Waals surface area contributed by atoms with Crippen molar-refractivity contribution in [3.8, 4) is 5.75 Å². The van der Waals surface area contributed by atoms with Crippen molar-refractivity contribution in [1.29, 1.82) is 0 Å². The molecule has 2 aromatic rings. The van der Waals surface area contributed by atoms with Crippen LogP contribution in [0.1, 0.15) is 19.7 Å². The molecule has 1 fully saturated rings. The lowest BCUT2D eigenvalue weighted by Crippen LogP contribution is -2.46. The largest absolute Gasteiger partial charge is 0.494 e. The number of nitrogens with zero attached hydrogens (tertiary/aromatic N) is 3. The molecule has 1 saturated heterocycles. The van der Waals surface area contributed by atoms with Crippen molar-refractivity contribution in [2.45, 2.75) is 29.8 Å². The van der Waals surface area contributed by atoms with Gasteiger partial charge in [-0.2, -0.15) is 0 Å². The molecule has 0 N–H and O–H groups in total. The molecule has 1 aliphatic heterocycles. The third kappa shape index (κ3) is 3.49. The molecule has 0 amide bonds. The molecule has 0 unspecified atom stereocenters. The van der Waals surface area contributed by atoms with Crippen molar-refractivity contribution in [2.24, 2.45) is 0 Å².